The van der Waals surface area contributed by atoms with E-state index in [1.165, 1.54) is 5.56 Å². The van der Waals surface area contributed by atoms with E-state index in [2.05, 4.69) is 67.1 Å². The number of hydrogen-bond donors (Lipinski definition) is 4. The van der Waals surface area contributed by atoms with E-state index in [0.29, 0.717) is 18.4 Å². The van der Waals surface area contributed by atoms with Crippen molar-refractivity contribution in [2.75, 3.05) is 6.54 Å². The van der Waals surface area contributed by atoms with Crippen molar-refractivity contribution in [3.63, 3.8) is 0 Å². The van der Waals surface area contributed by atoms with Crippen molar-refractivity contribution >= 4 is 6.03 Å². The highest BCUT2D eigenvalue weighted by Gasteiger charge is 2.41. The standard InChI is InChI=1S/C35H47N3O2/c1-26(2)25-33(35(40,30-15-9-5-10-16-30)31-17-11-6-12-18-31)38-34(39)37-32-21-19-28(20-22-32)23-24-36-27(3)29-13-7-4-8-14-29/h4-18,26-28,32-33,36,40H,19-25H2,1-3H3,(H2,37,38,39)/t27-,28-,32-,33-/m1/s1. The fraction of sp³-hybridized carbons (Fsp3) is 0.457. The molecule has 214 valence electrons. The Morgan fingerprint density at radius 1 is 0.825 bits per heavy atom. The molecule has 5 heteroatoms. The maximum atomic E-state index is 13.3. The zero-order valence-corrected chi connectivity index (χ0v) is 24.4. The van der Waals surface area contributed by atoms with Gasteiger partial charge in [-0.15, -0.1) is 0 Å². The lowest BCUT2D eigenvalue weighted by Gasteiger charge is -2.39. The second-order valence-electron chi connectivity index (χ2n) is 11.9. The van der Waals surface area contributed by atoms with Gasteiger partial charge >= 0.3 is 6.03 Å². The van der Waals surface area contributed by atoms with Crippen LogP contribution in [0.3, 0.4) is 0 Å². The predicted molar refractivity (Wildman–Crippen MR) is 164 cm³/mol. The molecule has 0 aliphatic heterocycles. The van der Waals surface area contributed by atoms with E-state index in [-0.39, 0.29) is 18.0 Å². The molecule has 1 fully saturated rings. The van der Waals surface area contributed by atoms with Gasteiger partial charge in [0, 0.05) is 12.1 Å². The molecule has 40 heavy (non-hydrogen) atoms. The topological polar surface area (TPSA) is 73.4 Å². The summed E-state index contributed by atoms with van der Waals surface area (Å²) in [7, 11) is 0. The molecular formula is C35H47N3O2. The molecule has 0 heterocycles. The average Bonchev–Trinajstić information content (AvgIpc) is 2.98. The number of rotatable bonds is 12. The summed E-state index contributed by atoms with van der Waals surface area (Å²) >= 11 is 0. The number of carbonyl (C=O) groups excluding carboxylic acids is 1. The Morgan fingerprint density at radius 3 is 1.88 bits per heavy atom. The fourth-order valence-corrected chi connectivity index (χ4v) is 6.10. The van der Waals surface area contributed by atoms with Crippen LogP contribution >= 0.6 is 0 Å². The van der Waals surface area contributed by atoms with Gasteiger partial charge in [0.05, 0.1) is 6.04 Å². The molecule has 1 aliphatic carbocycles. The number of nitrogens with one attached hydrogen (secondary N) is 3. The lowest BCUT2D eigenvalue weighted by atomic mass is 9.77. The van der Waals surface area contributed by atoms with Gasteiger partial charge in [-0.1, -0.05) is 105 Å². The second kappa shape index (κ2) is 14.5. The van der Waals surface area contributed by atoms with Crippen LogP contribution in [-0.4, -0.2) is 29.8 Å². The largest absolute Gasteiger partial charge is 0.378 e. The number of amides is 2. The normalized spacial score (nSPS) is 19.1. The van der Waals surface area contributed by atoms with Gasteiger partial charge in [-0.25, -0.2) is 4.79 Å². The third kappa shape index (κ3) is 7.96. The van der Waals surface area contributed by atoms with Crippen LogP contribution in [-0.2, 0) is 5.60 Å². The Bertz CT molecular complexity index is 1110. The molecule has 0 aromatic heterocycles. The van der Waals surface area contributed by atoms with Crippen molar-refractivity contribution in [2.24, 2.45) is 11.8 Å². The summed E-state index contributed by atoms with van der Waals surface area (Å²) in [5.41, 5.74) is 1.54. The van der Waals surface area contributed by atoms with Gasteiger partial charge in [0.15, 0.2) is 0 Å². The number of hydrogen-bond acceptors (Lipinski definition) is 3. The minimum Gasteiger partial charge on any atom is -0.378 e. The molecule has 3 aromatic carbocycles. The zero-order chi connectivity index (χ0) is 28.4. The minimum atomic E-state index is -1.34. The molecule has 1 saturated carbocycles. The Morgan fingerprint density at radius 2 is 1.35 bits per heavy atom. The van der Waals surface area contributed by atoms with Gasteiger partial charge in [-0.05, 0) is 80.5 Å². The van der Waals surface area contributed by atoms with Crippen molar-refractivity contribution in [1.29, 1.82) is 0 Å². The summed E-state index contributed by atoms with van der Waals surface area (Å²) in [6.07, 6.45) is 6.04. The second-order valence-corrected chi connectivity index (χ2v) is 11.9. The molecule has 0 spiro atoms. The molecule has 4 rings (SSSR count). The quantitative estimate of drug-likeness (QED) is 0.201. The summed E-state index contributed by atoms with van der Waals surface area (Å²) < 4.78 is 0. The first-order valence-corrected chi connectivity index (χ1v) is 15.0. The van der Waals surface area contributed by atoms with Gasteiger partial charge in [-0.3, -0.25) is 0 Å². The zero-order valence-electron chi connectivity index (χ0n) is 24.4. The number of benzene rings is 3. The first kappa shape index (κ1) is 29.8. The van der Waals surface area contributed by atoms with E-state index in [1.807, 2.05) is 60.7 Å². The molecular weight excluding hydrogens is 494 g/mol. The van der Waals surface area contributed by atoms with E-state index in [0.717, 1.165) is 49.8 Å². The lowest BCUT2D eigenvalue weighted by molar-refractivity contribution is 0.0327. The molecule has 5 nitrogen and oxygen atoms in total. The van der Waals surface area contributed by atoms with Crippen molar-refractivity contribution in [1.82, 2.24) is 16.0 Å². The molecule has 3 aromatic rings. The Hall–Kier alpha value is -3.15. The summed E-state index contributed by atoms with van der Waals surface area (Å²) in [5, 5.41) is 22.4. The molecule has 1 aliphatic rings. The highest BCUT2D eigenvalue weighted by Crippen LogP contribution is 2.36. The molecule has 2 amide bonds. The summed E-state index contributed by atoms with van der Waals surface area (Å²) in [4.78, 5) is 13.3. The number of carbonyl (C=O) groups is 1. The van der Waals surface area contributed by atoms with E-state index in [4.69, 9.17) is 0 Å². The molecule has 0 saturated heterocycles. The summed E-state index contributed by atoms with van der Waals surface area (Å²) in [6, 6.07) is 29.8. The first-order valence-electron chi connectivity index (χ1n) is 15.0. The third-order valence-corrected chi connectivity index (χ3v) is 8.43. The fourth-order valence-electron chi connectivity index (χ4n) is 6.10. The van der Waals surface area contributed by atoms with Gasteiger partial charge in [0.1, 0.15) is 5.60 Å². The van der Waals surface area contributed by atoms with Gasteiger partial charge < -0.3 is 21.1 Å². The lowest BCUT2D eigenvalue weighted by Crippen LogP contribution is -2.56. The van der Waals surface area contributed by atoms with Gasteiger partial charge in [0.25, 0.3) is 0 Å². The predicted octanol–water partition coefficient (Wildman–Crippen LogP) is 6.94. The van der Waals surface area contributed by atoms with Crippen molar-refractivity contribution in [3.05, 3.63) is 108 Å². The molecule has 0 bridgehead atoms. The van der Waals surface area contributed by atoms with Crippen molar-refractivity contribution in [3.8, 4) is 0 Å². The molecule has 0 unspecified atom stereocenters. The van der Waals surface area contributed by atoms with E-state index < -0.39 is 11.6 Å². The van der Waals surface area contributed by atoms with E-state index in [9.17, 15) is 9.90 Å². The number of urea groups is 1. The van der Waals surface area contributed by atoms with Crippen LogP contribution in [0.25, 0.3) is 0 Å². The third-order valence-electron chi connectivity index (χ3n) is 8.43. The highest BCUT2D eigenvalue weighted by molar-refractivity contribution is 5.75. The van der Waals surface area contributed by atoms with Crippen LogP contribution in [0.5, 0.6) is 0 Å². The van der Waals surface area contributed by atoms with Crippen molar-refractivity contribution in [2.45, 2.75) is 83.0 Å². The maximum Gasteiger partial charge on any atom is 0.315 e. The van der Waals surface area contributed by atoms with Crippen LogP contribution in [0, 0.1) is 11.8 Å². The maximum absolute atomic E-state index is 13.3. The smallest absolute Gasteiger partial charge is 0.315 e. The van der Waals surface area contributed by atoms with E-state index >= 15 is 0 Å². The Balaban J connectivity index is 1.32. The first-order chi connectivity index (χ1) is 19.4. The highest BCUT2D eigenvalue weighted by atomic mass is 16.3. The van der Waals surface area contributed by atoms with Gasteiger partial charge in [0.2, 0.25) is 0 Å². The van der Waals surface area contributed by atoms with E-state index in [1.54, 1.807) is 0 Å². The van der Waals surface area contributed by atoms with Gasteiger partial charge in [-0.2, -0.15) is 0 Å². The molecule has 0 radical (unpaired) electrons. The van der Waals surface area contributed by atoms with Crippen LogP contribution in [0.4, 0.5) is 4.79 Å². The Labute approximate surface area is 240 Å². The number of aliphatic hydroxyl groups is 1. The van der Waals surface area contributed by atoms with Crippen LogP contribution in [0.15, 0.2) is 91.0 Å². The average molecular weight is 542 g/mol. The van der Waals surface area contributed by atoms with Crippen LogP contribution < -0.4 is 16.0 Å². The summed E-state index contributed by atoms with van der Waals surface area (Å²) in [5.74, 6) is 0.976. The van der Waals surface area contributed by atoms with Crippen LogP contribution in [0.1, 0.15) is 82.0 Å². The molecule has 2 atom stereocenters. The van der Waals surface area contributed by atoms with Crippen LogP contribution in [0.2, 0.25) is 0 Å². The monoisotopic (exact) mass is 541 g/mol. The Kier molecular flexibility index (Phi) is 10.8. The minimum absolute atomic E-state index is 0.161. The van der Waals surface area contributed by atoms with Crippen molar-refractivity contribution < 1.29 is 9.90 Å². The SMILES string of the molecule is CC(C)C[C@@H](NC(=O)N[C@H]1CC[C@H](CCN[C@H](C)c2ccccc2)CC1)C(O)(c1ccccc1)c1ccccc1. The molecule has 4 N–H and O–H groups in total. The summed E-state index contributed by atoms with van der Waals surface area (Å²) in [6.45, 7) is 7.48.